The number of hydrogen-bond acceptors (Lipinski definition) is 5. The van der Waals surface area contributed by atoms with Crippen LogP contribution in [0.4, 0.5) is 5.69 Å². The lowest BCUT2D eigenvalue weighted by atomic mass is 9.97. The largest absolute Gasteiger partial charge is 0.506 e. The van der Waals surface area contributed by atoms with Crippen molar-refractivity contribution >= 4 is 11.7 Å². The van der Waals surface area contributed by atoms with Gasteiger partial charge < -0.3 is 20.3 Å². The molecule has 2 aromatic rings. The number of aryl methyl sites for hydroxylation is 1. The molecule has 0 amide bonds. The number of rotatable bonds is 2. The summed E-state index contributed by atoms with van der Waals surface area (Å²) in [5, 5.41) is 9.94. The average Bonchev–Trinajstić information content (AvgIpc) is 2.78. The zero-order chi connectivity index (χ0) is 16.4. The molecule has 3 rings (SSSR count). The number of anilines is 1. The number of nitrogens with two attached hydrogens (primary N) is 1. The molecular formula is C18H19NO4. The van der Waals surface area contributed by atoms with Crippen LogP contribution >= 0.6 is 0 Å². The highest BCUT2D eigenvalue weighted by Gasteiger charge is 2.25. The van der Waals surface area contributed by atoms with Crippen molar-refractivity contribution in [2.45, 2.75) is 25.4 Å². The van der Waals surface area contributed by atoms with E-state index in [1.165, 1.54) is 19.2 Å². The van der Waals surface area contributed by atoms with Crippen LogP contribution in [0.2, 0.25) is 0 Å². The van der Waals surface area contributed by atoms with Gasteiger partial charge in [-0.05, 0) is 43.0 Å². The minimum absolute atomic E-state index is 0.0613. The maximum atomic E-state index is 12.1. The summed E-state index contributed by atoms with van der Waals surface area (Å²) < 4.78 is 10.9. The summed E-state index contributed by atoms with van der Waals surface area (Å²) in [5.74, 6) is 0.253. The zero-order valence-electron chi connectivity index (χ0n) is 12.9. The second-order valence-corrected chi connectivity index (χ2v) is 5.60. The molecule has 0 aliphatic carbocycles. The molecule has 23 heavy (non-hydrogen) atoms. The van der Waals surface area contributed by atoms with Crippen molar-refractivity contribution in [1.29, 1.82) is 0 Å². The SMILES string of the molecule is COC(=O)c1cc(N)c(O)cc1C1CCCc2ccccc2O1. The molecule has 5 nitrogen and oxygen atoms in total. The Kier molecular flexibility index (Phi) is 4.10. The molecule has 0 aromatic heterocycles. The van der Waals surface area contributed by atoms with Crippen molar-refractivity contribution in [3.63, 3.8) is 0 Å². The predicted octanol–water partition coefficient (Wildman–Crippen LogP) is 3.22. The van der Waals surface area contributed by atoms with Crippen LogP contribution in [0.15, 0.2) is 36.4 Å². The summed E-state index contributed by atoms with van der Waals surface area (Å²) in [6.07, 6.45) is 2.25. The number of carbonyl (C=O) groups is 1. The van der Waals surface area contributed by atoms with Gasteiger partial charge in [-0.3, -0.25) is 0 Å². The summed E-state index contributed by atoms with van der Waals surface area (Å²) in [7, 11) is 1.32. The van der Waals surface area contributed by atoms with Gasteiger partial charge in [0, 0.05) is 5.56 Å². The summed E-state index contributed by atoms with van der Waals surface area (Å²) in [6.45, 7) is 0. The number of para-hydroxylation sites is 1. The lowest BCUT2D eigenvalue weighted by Gasteiger charge is -2.21. The van der Waals surface area contributed by atoms with Gasteiger partial charge in [-0.1, -0.05) is 18.2 Å². The fourth-order valence-corrected chi connectivity index (χ4v) is 2.91. The minimum Gasteiger partial charge on any atom is -0.506 e. The highest BCUT2D eigenvalue weighted by molar-refractivity contribution is 5.93. The molecule has 0 radical (unpaired) electrons. The Morgan fingerprint density at radius 3 is 2.91 bits per heavy atom. The maximum Gasteiger partial charge on any atom is 0.338 e. The Morgan fingerprint density at radius 1 is 1.35 bits per heavy atom. The van der Waals surface area contributed by atoms with E-state index in [1.54, 1.807) is 0 Å². The van der Waals surface area contributed by atoms with E-state index in [9.17, 15) is 9.90 Å². The van der Waals surface area contributed by atoms with Gasteiger partial charge in [0.05, 0.1) is 18.4 Å². The van der Waals surface area contributed by atoms with Gasteiger partial charge in [0.15, 0.2) is 0 Å². The molecule has 1 unspecified atom stereocenters. The summed E-state index contributed by atoms with van der Waals surface area (Å²) in [4.78, 5) is 12.1. The number of carbonyl (C=O) groups excluding carboxylic acids is 1. The van der Waals surface area contributed by atoms with Crippen molar-refractivity contribution < 1.29 is 19.4 Å². The fourth-order valence-electron chi connectivity index (χ4n) is 2.91. The number of phenolic OH excluding ortho intramolecular Hbond substituents is 1. The van der Waals surface area contributed by atoms with Crippen LogP contribution in [0, 0.1) is 0 Å². The third kappa shape index (κ3) is 2.95. The Hall–Kier alpha value is -2.69. The summed E-state index contributed by atoms with van der Waals surface area (Å²) >= 11 is 0. The van der Waals surface area contributed by atoms with Crippen LogP contribution < -0.4 is 10.5 Å². The van der Waals surface area contributed by atoms with Crippen molar-refractivity contribution in [3.8, 4) is 11.5 Å². The second kappa shape index (κ2) is 6.20. The molecule has 3 N–H and O–H groups in total. The summed E-state index contributed by atoms with van der Waals surface area (Å²) in [5.41, 5.74) is 7.93. The first-order valence-electron chi connectivity index (χ1n) is 7.55. The molecule has 0 fully saturated rings. The molecule has 120 valence electrons. The Morgan fingerprint density at radius 2 is 2.13 bits per heavy atom. The van der Waals surface area contributed by atoms with E-state index in [4.69, 9.17) is 15.2 Å². The molecular weight excluding hydrogens is 294 g/mol. The van der Waals surface area contributed by atoms with Gasteiger partial charge in [-0.2, -0.15) is 0 Å². The van der Waals surface area contributed by atoms with Crippen molar-refractivity contribution in [2.24, 2.45) is 0 Å². The minimum atomic E-state index is -0.493. The van der Waals surface area contributed by atoms with E-state index in [-0.39, 0.29) is 17.5 Å². The van der Waals surface area contributed by atoms with Crippen LogP contribution in [0.1, 0.15) is 40.4 Å². The first-order valence-corrected chi connectivity index (χ1v) is 7.55. The molecule has 0 bridgehead atoms. The van der Waals surface area contributed by atoms with Crippen LogP contribution in [0.3, 0.4) is 0 Å². The summed E-state index contributed by atoms with van der Waals surface area (Å²) in [6, 6.07) is 10.8. The van der Waals surface area contributed by atoms with E-state index in [0.717, 1.165) is 30.6 Å². The standard InChI is InChI=1S/C18H19NO4/c1-22-18(21)13-9-14(19)15(20)10-12(13)17-8-4-6-11-5-2-3-7-16(11)23-17/h2-3,5,7,9-10,17,20H,4,6,8,19H2,1H3. The molecule has 0 spiro atoms. The molecule has 5 heteroatoms. The van der Waals surface area contributed by atoms with Gasteiger partial charge in [0.2, 0.25) is 0 Å². The third-order valence-electron chi connectivity index (χ3n) is 4.11. The number of phenols is 1. The number of nitrogen functional groups attached to an aromatic ring is 1. The van der Waals surface area contributed by atoms with Crippen molar-refractivity contribution in [2.75, 3.05) is 12.8 Å². The van der Waals surface area contributed by atoms with E-state index < -0.39 is 5.97 Å². The normalized spacial score (nSPS) is 16.8. The predicted molar refractivity (Wildman–Crippen MR) is 86.6 cm³/mol. The smallest absolute Gasteiger partial charge is 0.338 e. The van der Waals surface area contributed by atoms with Crippen LogP contribution in [0.25, 0.3) is 0 Å². The molecule has 1 aliphatic rings. The van der Waals surface area contributed by atoms with Crippen molar-refractivity contribution in [3.05, 3.63) is 53.1 Å². The highest BCUT2D eigenvalue weighted by Crippen LogP contribution is 2.37. The van der Waals surface area contributed by atoms with Gasteiger partial charge in [0.1, 0.15) is 17.6 Å². The van der Waals surface area contributed by atoms with Gasteiger partial charge in [-0.15, -0.1) is 0 Å². The number of benzene rings is 2. The fraction of sp³-hybridized carbons (Fsp3) is 0.278. The first kappa shape index (κ1) is 15.2. The maximum absolute atomic E-state index is 12.1. The lowest BCUT2D eigenvalue weighted by molar-refractivity contribution is 0.0594. The number of methoxy groups -OCH3 is 1. The molecule has 1 heterocycles. The molecule has 2 aromatic carbocycles. The number of hydrogen-bond donors (Lipinski definition) is 2. The van der Waals surface area contributed by atoms with E-state index >= 15 is 0 Å². The van der Waals surface area contributed by atoms with E-state index in [1.807, 2.05) is 24.3 Å². The van der Waals surface area contributed by atoms with Crippen LogP contribution in [0.5, 0.6) is 11.5 Å². The Bertz CT molecular complexity index is 742. The third-order valence-corrected chi connectivity index (χ3v) is 4.11. The van der Waals surface area contributed by atoms with Crippen LogP contribution in [-0.2, 0) is 11.2 Å². The van der Waals surface area contributed by atoms with Crippen LogP contribution in [-0.4, -0.2) is 18.2 Å². The zero-order valence-corrected chi connectivity index (χ0v) is 12.9. The molecule has 1 aliphatic heterocycles. The lowest BCUT2D eigenvalue weighted by Crippen LogP contribution is -2.14. The molecule has 1 atom stereocenters. The van der Waals surface area contributed by atoms with Gasteiger partial charge in [-0.25, -0.2) is 4.79 Å². The Labute approximate surface area is 134 Å². The second-order valence-electron chi connectivity index (χ2n) is 5.60. The topological polar surface area (TPSA) is 81.8 Å². The Balaban J connectivity index is 2.04. The van der Waals surface area contributed by atoms with E-state index in [0.29, 0.717) is 11.1 Å². The molecule has 0 saturated heterocycles. The highest BCUT2D eigenvalue weighted by atomic mass is 16.5. The molecule has 0 saturated carbocycles. The van der Waals surface area contributed by atoms with Crippen molar-refractivity contribution in [1.82, 2.24) is 0 Å². The van der Waals surface area contributed by atoms with Gasteiger partial charge >= 0.3 is 5.97 Å². The quantitative estimate of drug-likeness (QED) is 0.505. The number of fused-ring (bicyclic) bond motifs is 1. The van der Waals surface area contributed by atoms with Gasteiger partial charge in [0.25, 0.3) is 0 Å². The first-order chi connectivity index (χ1) is 11.1. The number of ether oxygens (including phenoxy) is 2. The average molecular weight is 313 g/mol. The van der Waals surface area contributed by atoms with E-state index in [2.05, 4.69) is 0 Å². The number of esters is 1. The number of aromatic hydroxyl groups is 1. The monoisotopic (exact) mass is 313 g/mol.